The number of hydrogen-bond donors (Lipinski definition) is 1. The van der Waals surface area contributed by atoms with Gasteiger partial charge in [-0.3, -0.25) is 4.79 Å². The molecule has 2 aromatic carbocycles. The number of methoxy groups -OCH3 is 2. The molecule has 0 atom stereocenters. The number of amides is 1. The van der Waals surface area contributed by atoms with Crippen LogP contribution in [0.3, 0.4) is 0 Å². The predicted octanol–water partition coefficient (Wildman–Crippen LogP) is 3.28. The minimum absolute atomic E-state index is 0.0759. The molecule has 5 nitrogen and oxygen atoms in total. The molecule has 0 unspecified atom stereocenters. The molecule has 0 aliphatic heterocycles. The van der Waals surface area contributed by atoms with E-state index in [1.54, 1.807) is 32.4 Å². The third-order valence-electron chi connectivity index (χ3n) is 3.36. The molecular formula is C18H21NO4. The molecule has 23 heavy (non-hydrogen) atoms. The molecule has 2 aromatic rings. The van der Waals surface area contributed by atoms with Crippen LogP contribution in [0.15, 0.2) is 42.5 Å². The summed E-state index contributed by atoms with van der Waals surface area (Å²) in [6, 6.07) is 12.9. The zero-order chi connectivity index (χ0) is 16.7. The minimum atomic E-state index is -0.265. The van der Waals surface area contributed by atoms with E-state index in [1.165, 1.54) is 0 Å². The summed E-state index contributed by atoms with van der Waals surface area (Å²) in [5, 5.41) is 2.77. The molecule has 0 radical (unpaired) electrons. The first-order chi connectivity index (χ1) is 11.2. The number of carbonyl (C=O) groups excluding carboxylic acids is 1. The molecule has 0 saturated carbocycles. The lowest BCUT2D eigenvalue weighted by Crippen LogP contribution is -2.20. The van der Waals surface area contributed by atoms with Crippen LogP contribution in [0.1, 0.15) is 12.5 Å². The van der Waals surface area contributed by atoms with Gasteiger partial charge in [-0.05, 0) is 36.2 Å². The maximum Gasteiger partial charge on any atom is 0.262 e. The summed E-state index contributed by atoms with van der Waals surface area (Å²) in [5.41, 5.74) is 1.71. The zero-order valence-corrected chi connectivity index (χ0v) is 13.6. The van der Waals surface area contributed by atoms with Gasteiger partial charge in [0.2, 0.25) is 0 Å². The van der Waals surface area contributed by atoms with E-state index in [9.17, 15) is 4.79 Å². The molecule has 1 N–H and O–H groups in total. The summed E-state index contributed by atoms with van der Waals surface area (Å²) >= 11 is 0. The van der Waals surface area contributed by atoms with Crippen LogP contribution < -0.4 is 19.5 Å². The fourth-order valence-electron chi connectivity index (χ4n) is 2.10. The molecule has 2 rings (SSSR count). The maximum absolute atomic E-state index is 12.1. The molecule has 5 heteroatoms. The van der Waals surface area contributed by atoms with E-state index in [0.717, 1.165) is 12.0 Å². The van der Waals surface area contributed by atoms with Crippen molar-refractivity contribution in [3.8, 4) is 17.2 Å². The average Bonchev–Trinajstić information content (AvgIpc) is 2.60. The first-order valence-corrected chi connectivity index (χ1v) is 7.40. The van der Waals surface area contributed by atoms with Gasteiger partial charge in [0.15, 0.2) is 6.61 Å². The van der Waals surface area contributed by atoms with E-state index in [2.05, 4.69) is 12.2 Å². The van der Waals surface area contributed by atoms with Gasteiger partial charge in [-0.15, -0.1) is 0 Å². The highest BCUT2D eigenvalue weighted by Gasteiger charge is 2.10. The number of rotatable bonds is 7. The van der Waals surface area contributed by atoms with Crippen LogP contribution in [0.5, 0.6) is 17.2 Å². The van der Waals surface area contributed by atoms with Crippen molar-refractivity contribution in [3.63, 3.8) is 0 Å². The second-order valence-corrected chi connectivity index (χ2v) is 4.90. The molecule has 0 aliphatic carbocycles. The summed E-state index contributed by atoms with van der Waals surface area (Å²) in [4.78, 5) is 12.1. The largest absolute Gasteiger partial charge is 0.497 e. The molecule has 0 heterocycles. The number of benzene rings is 2. The quantitative estimate of drug-likeness (QED) is 0.852. The Hall–Kier alpha value is -2.69. The second-order valence-electron chi connectivity index (χ2n) is 4.90. The van der Waals surface area contributed by atoms with Crippen molar-refractivity contribution >= 4 is 11.6 Å². The van der Waals surface area contributed by atoms with Gasteiger partial charge in [0.1, 0.15) is 17.2 Å². The Morgan fingerprint density at radius 2 is 1.87 bits per heavy atom. The standard InChI is InChI=1S/C18H21NO4/c1-4-13-6-5-7-15(10-13)23-12-18(20)19-16-11-14(21-2)8-9-17(16)22-3/h5-11H,4,12H2,1-3H3,(H,19,20). The Bertz CT molecular complexity index is 670. The Morgan fingerprint density at radius 1 is 1.04 bits per heavy atom. The van der Waals surface area contributed by atoms with E-state index >= 15 is 0 Å². The van der Waals surface area contributed by atoms with Gasteiger partial charge in [0.25, 0.3) is 5.91 Å². The van der Waals surface area contributed by atoms with Gasteiger partial charge < -0.3 is 19.5 Å². The van der Waals surface area contributed by atoms with Crippen LogP contribution >= 0.6 is 0 Å². The highest BCUT2D eigenvalue weighted by molar-refractivity contribution is 5.93. The number of hydrogen-bond acceptors (Lipinski definition) is 4. The highest BCUT2D eigenvalue weighted by Crippen LogP contribution is 2.28. The predicted molar refractivity (Wildman–Crippen MR) is 89.5 cm³/mol. The van der Waals surface area contributed by atoms with Crippen LogP contribution in [0.2, 0.25) is 0 Å². The van der Waals surface area contributed by atoms with Gasteiger partial charge in [-0.25, -0.2) is 0 Å². The average molecular weight is 315 g/mol. The van der Waals surface area contributed by atoms with Crippen molar-refractivity contribution in [1.82, 2.24) is 0 Å². The topological polar surface area (TPSA) is 56.8 Å². The molecule has 0 fully saturated rings. The van der Waals surface area contributed by atoms with Gasteiger partial charge in [0.05, 0.1) is 19.9 Å². The first kappa shape index (κ1) is 16.7. The summed E-state index contributed by atoms with van der Waals surface area (Å²) in [6.07, 6.45) is 0.921. The molecular weight excluding hydrogens is 294 g/mol. The van der Waals surface area contributed by atoms with Gasteiger partial charge >= 0.3 is 0 Å². The summed E-state index contributed by atoms with van der Waals surface area (Å²) in [5.74, 6) is 1.61. The molecule has 122 valence electrons. The Kier molecular flexibility index (Phi) is 5.86. The highest BCUT2D eigenvalue weighted by atomic mass is 16.5. The third-order valence-corrected chi connectivity index (χ3v) is 3.36. The fourth-order valence-corrected chi connectivity index (χ4v) is 2.10. The van der Waals surface area contributed by atoms with Crippen LogP contribution in [-0.2, 0) is 11.2 Å². The van der Waals surface area contributed by atoms with E-state index in [1.807, 2.05) is 24.3 Å². The number of anilines is 1. The molecule has 0 bridgehead atoms. The minimum Gasteiger partial charge on any atom is -0.497 e. The number of nitrogens with one attached hydrogen (secondary N) is 1. The number of ether oxygens (including phenoxy) is 3. The SMILES string of the molecule is CCc1cccc(OCC(=O)Nc2cc(OC)ccc2OC)c1. The molecule has 0 spiro atoms. The van der Waals surface area contributed by atoms with Gasteiger partial charge in [-0.2, -0.15) is 0 Å². The molecule has 1 amide bonds. The monoisotopic (exact) mass is 315 g/mol. The van der Waals surface area contributed by atoms with Crippen LogP contribution in [0.25, 0.3) is 0 Å². The Balaban J connectivity index is 1.99. The van der Waals surface area contributed by atoms with E-state index in [0.29, 0.717) is 22.9 Å². The Morgan fingerprint density at radius 3 is 2.57 bits per heavy atom. The van der Waals surface area contributed by atoms with Crippen molar-refractivity contribution in [2.24, 2.45) is 0 Å². The molecule has 0 saturated heterocycles. The maximum atomic E-state index is 12.1. The van der Waals surface area contributed by atoms with E-state index in [4.69, 9.17) is 14.2 Å². The third kappa shape index (κ3) is 4.64. The smallest absolute Gasteiger partial charge is 0.262 e. The molecule has 0 aromatic heterocycles. The number of aryl methyl sites for hydroxylation is 1. The molecule has 0 aliphatic rings. The van der Waals surface area contributed by atoms with Crippen molar-refractivity contribution in [3.05, 3.63) is 48.0 Å². The summed E-state index contributed by atoms with van der Waals surface area (Å²) in [6.45, 7) is 1.99. The lowest BCUT2D eigenvalue weighted by atomic mass is 10.2. The summed E-state index contributed by atoms with van der Waals surface area (Å²) < 4.78 is 15.9. The van der Waals surface area contributed by atoms with E-state index < -0.39 is 0 Å². The van der Waals surface area contributed by atoms with Crippen molar-refractivity contribution in [2.45, 2.75) is 13.3 Å². The lowest BCUT2D eigenvalue weighted by Gasteiger charge is -2.12. The zero-order valence-electron chi connectivity index (χ0n) is 13.6. The Labute approximate surface area is 136 Å². The normalized spacial score (nSPS) is 10.0. The lowest BCUT2D eigenvalue weighted by molar-refractivity contribution is -0.118. The van der Waals surface area contributed by atoms with Crippen LogP contribution in [0.4, 0.5) is 5.69 Å². The van der Waals surface area contributed by atoms with Crippen molar-refractivity contribution < 1.29 is 19.0 Å². The van der Waals surface area contributed by atoms with Crippen LogP contribution in [0, 0.1) is 0 Å². The van der Waals surface area contributed by atoms with Crippen molar-refractivity contribution in [1.29, 1.82) is 0 Å². The number of carbonyl (C=O) groups is 1. The van der Waals surface area contributed by atoms with E-state index in [-0.39, 0.29) is 12.5 Å². The van der Waals surface area contributed by atoms with Crippen molar-refractivity contribution in [2.75, 3.05) is 26.1 Å². The van der Waals surface area contributed by atoms with Gasteiger partial charge in [0, 0.05) is 6.07 Å². The first-order valence-electron chi connectivity index (χ1n) is 7.40. The van der Waals surface area contributed by atoms with Gasteiger partial charge in [-0.1, -0.05) is 19.1 Å². The fraction of sp³-hybridized carbons (Fsp3) is 0.278. The van der Waals surface area contributed by atoms with Crippen LogP contribution in [-0.4, -0.2) is 26.7 Å². The second kappa shape index (κ2) is 8.08. The summed E-state index contributed by atoms with van der Waals surface area (Å²) in [7, 11) is 3.11.